The van der Waals surface area contributed by atoms with Gasteiger partial charge >= 0.3 is 5.97 Å². The predicted octanol–water partition coefficient (Wildman–Crippen LogP) is 3.48. The number of carboxylic acids is 1. The van der Waals surface area contributed by atoms with E-state index in [1.165, 1.54) is 35.2 Å². The number of carboxylic acid groups (broad SMARTS) is 1. The second kappa shape index (κ2) is 9.54. The quantitative estimate of drug-likeness (QED) is 0.651. The first kappa shape index (κ1) is 20.2. The van der Waals surface area contributed by atoms with Crippen molar-refractivity contribution in [3.05, 3.63) is 65.4 Å². The average molecular weight is 368 g/mol. The first-order valence-electron chi connectivity index (χ1n) is 8.52. The minimum Gasteiger partial charge on any atom is -0.496 e. The smallest absolute Gasteiger partial charge is 0.335 e. The number of nitrogens with one attached hydrogen (secondary N) is 1. The summed E-state index contributed by atoms with van der Waals surface area (Å²) in [5.41, 5.74) is 3.14. The fourth-order valence-corrected chi connectivity index (χ4v) is 2.64. The zero-order chi connectivity index (χ0) is 19.8. The van der Waals surface area contributed by atoms with Crippen LogP contribution in [0.4, 0.5) is 0 Å². The summed E-state index contributed by atoms with van der Waals surface area (Å²) in [4.78, 5) is 25.9. The molecule has 0 aliphatic carbocycles. The molecular weight excluding hydrogens is 344 g/mol. The van der Waals surface area contributed by atoms with Crippen LogP contribution in [0.3, 0.4) is 0 Å². The van der Waals surface area contributed by atoms with Gasteiger partial charge < -0.3 is 19.7 Å². The number of rotatable bonds is 6. The van der Waals surface area contributed by atoms with Crippen LogP contribution in [0.5, 0.6) is 5.75 Å². The van der Waals surface area contributed by atoms with E-state index >= 15 is 0 Å². The molecule has 3 rings (SSSR count). The minimum absolute atomic E-state index is 0.190. The molecule has 1 heterocycles. The number of fused-ring (bicyclic) bond motifs is 1. The van der Waals surface area contributed by atoms with Crippen LogP contribution < -0.4 is 4.74 Å². The molecule has 0 unspecified atom stereocenters. The third kappa shape index (κ3) is 5.43. The molecule has 0 aliphatic heterocycles. The van der Waals surface area contributed by atoms with Crippen molar-refractivity contribution in [3.8, 4) is 5.75 Å². The van der Waals surface area contributed by atoms with Crippen LogP contribution in [0.25, 0.3) is 10.9 Å². The largest absolute Gasteiger partial charge is 0.496 e. The maximum atomic E-state index is 10.3. The molecule has 6 nitrogen and oxygen atoms in total. The number of carbonyl (C=O) groups is 2. The molecule has 2 aromatic carbocycles. The van der Waals surface area contributed by atoms with Crippen molar-refractivity contribution >= 4 is 23.2 Å². The predicted molar refractivity (Wildman–Crippen MR) is 106 cm³/mol. The Hall–Kier alpha value is -3.12. The Bertz CT molecular complexity index is 898. The summed E-state index contributed by atoms with van der Waals surface area (Å²) in [5.74, 6) is -0.0324. The monoisotopic (exact) mass is 368 g/mol. The normalized spacial score (nSPS) is 10.4. The molecule has 0 saturated heterocycles. The molecule has 0 bridgehead atoms. The third-order valence-electron chi connectivity index (χ3n) is 4.09. The van der Waals surface area contributed by atoms with Crippen molar-refractivity contribution in [1.29, 1.82) is 0 Å². The number of hydrogen-bond donors (Lipinski definition) is 2. The molecule has 142 valence electrons. The molecule has 27 heavy (non-hydrogen) atoms. The number of nitrogens with zero attached hydrogens (tertiary/aromatic N) is 1. The van der Waals surface area contributed by atoms with Gasteiger partial charge in [-0.3, -0.25) is 4.79 Å². The number of carbonyl (C=O) groups excluding carboxylic acids is 1. The fourth-order valence-electron chi connectivity index (χ4n) is 2.64. The van der Waals surface area contributed by atoms with E-state index < -0.39 is 5.97 Å². The molecule has 3 aromatic rings. The highest BCUT2D eigenvalue weighted by atomic mass is 16.5. The first-order valence-corrected chi connectivity index (χ1v) is 8.52. The van der Waals surface area contributed by atoms with E-state index in [0.717, 1.165) is 24.2 Å². The summed E-state index contributed by atoms with van der Waals surface area (Å²) in [6.45, 7) is 1.05. The maximum Gasteiger partial charge on any atom is 0.335 e. The molecule has 0 spiro atoms. The van der Waals surface area contributed by atoms with Gasteiger partial charge in [0.25, 0.3) is 0 Å². The van der Waals surface area contributed by atoms with Crippen LogP contribution >= 0.6 is 0 Å². The topological polar surface area (TPSA) is 82.6 Å². The number of aromatic nitrogens is 1. The standard InChI is InChI=1S/C13H18N2O.C8H6O3/c1-15(2)8-7-10-9-14-11-5-4-6-12(16-3)13(10)11;9-5-6-1-3-7(4-2-6)8(10)11/h4-6,9,14H,7-8H2,1-3H3;1-5H,(H,10,11). The highest BCUT2D eigenvalue weighted by molar-refractivity contribution is 5.89. The maximum absolute atomic E-state index is 10.3. The molecule has 1 aromatic heterocycles. The van der Waals surface area contributed by atoms with Crippen molar-refractivity contribution in [1.82, 2.24) is 9.88 Å². The minimum atomic E-state index is -0.984. The second-order valence-corrected chi connectivity index (χ2v) is 6.30. The van der Waals surface area contributed by atoms with Gasteiger partial charge in [-0.15, -0.1) is 0 Å². The molecule has 2 N–H and O–H groups in total. The molecule has 0 aliphatic rings. The van der Waals surface area contributed by atoms with Gasteiger partial charge in [0.2, 0.25) is 0 Å². The molecule has 0 amide bonds. The van der Waals surface area contributed by atoms with E-state index in [9.17, 15) is 9.59 Å². The zero-order valence-electron chi connectivity index (χ0n) is 15.7. The van der Waals surface area contributed by atoms with Crippen LogP contribution in [0.2, 0.25) is 0 Å². The number of hydrogen-bond acceptors (Lipinski definition) is 4. The Morgan fingerprint density at radius 1 is 1.19 bits per heavy atom. The Morgan fingerprint density at radius 2 is 1.89 bits per heavy atom. The van der Waals surface area contributed by atoms with Crippen molar-refractivity contribution < 1.29 is 19.4 Å². The fraction of sp³-hybridized carbons (Fsp3) is 0.238. The van der Waals surface area contributed by atoms with Gasteiger partial charge in [0.1, 0.15) is 12.0 Å². The lowest BCUT2D eigenvalue weighted by Crippen LogP contribution is -2.14. The summed E-state index contributed by atoms with van der Waals surface area (Å²) >= 11 is 0. The summed E-state index contributed by atoms with van der Waals surface area (Å²) in [7, 11) is 5.90. The second-order valence-electron chi connectivity index (χ2n) is 6.30. The summed E-state index contributed by atoms with van der Waals surface area (Å²) in [5, 5.41) is 9.67. The Morgan fingerprint density at radius 3 is 2.44 bits per heavy atom. The molecule has 6 heteroatoms. The van der Waals surface area contributed by atoms with Crippen LogP contribution in [-0.2, 0) is 6.42 Å². The first-order chi connectivity index (χ1) is 13.0. The summed E-state index contributed by atoms with van der Waals surface area (Å²) in [6, 6.07) is 11.8. The summed E-state index contributed by atoms with van der Waals surface area (Å²) < 4.78 is 5.40. The van der Waals surface area contributed by atoms with Crippen molar-refractivity contribution in [2.24, 2.45) is 0 Å². The Labute approximate surface area is 158 Å². The summed E-state index contributed by atoms with van der Waals surface area (Å²) in [6.07, 6.45) is 3.79. The number of aromatic amines is 1. The molecule has 0 atom stereocenters. The SMILES string of the molecule is COc1cccc2[nH]cc(CCN(C)C)c12.O=Cc1ccc(C(=O)O)cc1. The van der Waals surface area contributed by atoms with Crippen LogP contribution in [0.15, 0.2) is 48.7 Å². The Kier molecular flexibility index (Phi) is 7.14. The highest BCUT2D eigenvalue weighted by Gasteiger charge is 2.08. The molecular formula is C21H24N2O4. The number of likely N-dealkylation sites (N-methyl/N-ethyl adjacent to an activating group) is 1. The third-order valence-corrected chi connectivity index (χ3v) is 4.09. The lowest BCUT2D eigenvalue weighted by Gasteiger charge is -2.09. The van der Waals surface area contributed by atoms with E-state index in [0.29, 0.717) is 11.8 Å². The van der Waals surface area contributed by atoms with Crippen molar-refractivity contribution in [3.63, 3.8) is 0 Å². The van der Waals surface area contributed by atoms with Gasteiger partial charge in [0.15, 0.2) is 0 Å². The van der Waals surface area contributed by atoms with Crippen LogP contribution in [-0.4, -0.2) is 55.0 Å². The van der Waals surface area contributed by atoms with Crippen LogP contribution in [0, 0.1) is 0 Å². The van der Waals surface area contributed by atoms with E-state index in [1.807, 2.05) is 12.1 Å². The highest BCUT2D eigenvalue weighted by Crippen LogP contribution is 2.28. The van der Waals surface area contributed by atoms with E-state index in [1.54, 1.807) is 7.11 Å². The molecule has 0 fully saturated rings. The number of aromatic carboxylic acids is 1. The Balaban J connectivity index is 0.000000208. The number of methoxy groups -OCH3 is 1. The molecule has 0 saturated carbocycles. The number of ether oxygens (including phenoxy) is 1. The molecule has 0 radical (unpaired) electrons. The number of benzene rings is 2. The van der Waals surface area contributed by atoms with Gasteiger partial charge in [0, 0.05) is 29.2 Å². The average Bonchev–Trinajstić information content (AvgIpc) is 3.10. The van der Waals surface area contributed by atoms with E-state index in [4.69, 9.17) is 9.84 Å². The lowest BCUT2D eigenvalue weighted by atomic mass is 10.1. The van der Waals surface area contributed by atoms with Gasteiger partial charge in [-0.05, 0) is 50.3 Å². The number of aldehydes is 1. The van der Waals surface area contributed by atoms with E-state index in [-0.39, 0.29) is 5.56 Å². The van der Waals surface area contributed by atoms with Gasteiger partial charge in [-0.25, -0.2) is 4.79 Å². The van der Waals surface area contributed by atoms with Gasteiger partial charge in [0.05, 0.1) is 12.7 Å². The van der Waals surface area contributed by atoms with Crippen molar-refractivity contribution in [2.45, 2.75) is 6.42 Å². The van der Waals surface area contributed by atoms with Gasteiger partial charge in [-0.2, -0.15) is 0 Å². The zero-order valence-corrected chi connectivity index (χ0v) is 15.7. The van der Waals surface area contributed by atoms with Crippen molar-refractivity contribution in [2.75, 3.05) is 27.7 Å². The number of H-pyrrole nitrogens is 1. The lowest BCUT2D eigenvalue weighted by molar-refractivity contribution is 0.0696. The van der Waals surface area contributed by atoms with E-state index in [2.05, 4.69) is 36.2 Å². The van der Waals surface area contributed by atoms with Gasteiger partial charge in [-0.1, -0.05) is 18.2 Å². The van der Waals surface area contributed by atoms with Crippen LogP contribution in [0.1, 0.15) is 26.3 Å².